The molecule has 0 aliphatic carbocycles. The lowest BCUT2D eigenvalue weighted by atomic mass is 10.1. The second-order valence-corrected chi connectivity index (χ2v) is 10.5. The number of fused-ring (bicyclic) bond motifs is 1. The molecule has 2 amide bonds. The van der Waals surface area contributed by atoms with E-state index in [9.17, 15) is 18.0 Å². The summed E-state index contributed by atoms with van der Waals surface area (Å²) in [6.07, 6.45) is 0. The minimum Gasteiger partial charge on any atom is -0.348 e. The van der Waals surface area contributed by atoms with E-state index in [0.29, 0.717) is 10.7 Å². The SMILES string of the molecule is Cc1cc(Cl)c2cc(C(=O)N[C@H](C)c3ccc(S(=O)(=O)CC(=O)N(C)C)cc3)n(C)c2c1. The van der Waals surface area contributed by atoms with Gasteiger partial charge in [0.05, 0.1) is 21.5 Å². The molecule has 0 saturated heterocycles. The molecule has 7 nitrogen and oxygen atoms in total. The first-order valence-corrected chi connectivity index (χ1v) is 12.0. The maximum absolute atomic E-state index is 12.9. The van der Waals surface area contributed by atoms with Crippen molar-refractivity contribution in [3.63, 3.8) is 0 Å². The van der Waals surface area contributed by atoms with Gasteiger partial charge in [0.2, 0.25) is 5.91 Å². The summed E-state index contributed by atoms with van der Waals surface area (Å²) in [4.78, 5) is 26.0. The largest absolute Gasteiger partial charge is 0.348 e. The van der Waals surface area contributed by atoms with E-state index >= 15 is 0 Å². The lowest BCUT2D eigenvalue weighted by Gasteiger charge is -2.16. The van der Waals surface area contributed by atoms with Crippen LogP contribution in [0, 0.1) is 6.92 Å². The van der Waals surface area contributed by atoms with Crippen LogP contribution < -0.4 is 5.32 Å². The fourth-order valence-corrected chi connectivity index (χ4v) is 5.05. The van der Waals surface area contributed by atoms with Gasteiger partial charge >= 0.3 is 0 Å². The second-order valence-electron chi connectivity index (χ2n) is 8.08. The van der Waals surface area contributed by atoms with Crippen molar-refractivity contribution >= 4 is 44.2 Å². The van der Waals surface area contributed by atoms with Crippen molar-refractivity contribution in [2.24, 2.45) is 7.05 Å². The Morgan fingerprint density at radius 3 is 2.34 bits per heavy atom. The van der Waals surface area contributed by atoms with Gasteiger partial charge in [-0.15, -0.1) is 0 Å². The molecule has 3 rings (SSSR count). The zero-order valence-electron chi connectivity index (χ0n) is 18.6. The smallest absolute Gasteiger partial charge is 0.268 e. The molecule has 1 atom stereocenters. The number of halogens is 1. The number of benzene rings is 2. The Hall–Kier alpha value is -2.84. The van der Waals surface area contributed by atoms with Crippen LogP contribution in [-0.4, -0.2) is 49.5 Å². The van der Waals surface area contributed by atoms with Crippen LogP contribution in [0.2, 0.25) is 5.02 Å². The van der Waals surface area contributed by atoms with Gasteiger partial charge in [-0.1, -0.05) is 23.7 Å². The molecule has 0 bridgehead atoms. The van der Waals surface area contributed by atoms with Crippen molar-refractivity contribution in [2.75, 3.05) is 19.8 Å². The normalized spacial score (nSPS) is 12.6. The van der Waals surface area contributed by atoms with Crippen molar-refractivity contribution < 1.29 is 18.0 Å². The highest BCUT2D eigenvalue weighted by Crippen LogP contribution is 2.28. The minimum atomic E-state index is -3.74. The minimum absolute atomic E-state index is 0.0636. The number of carbonyl (C=O) groups is 2. The van der Waals surface area contributed by atoms with Crippen LogP contribution in [0.5, 0.6) is 0 Å². The lowest BCUT2D eigenvalue weighted by molar-refractivity contribution is -0.125. The first-order valence-electron chi connectivity index (χ1n) is 10.00. The number of hydrogen-bond acceptors (Lipinski definition) is 4. The summed E-state index contributed by atoms with van der Waals surface area (Å²) >= 11 is 6.34. The summed E-state index contributed by atoms with van der Waals surface area (Å²) in [6.45, 7) is 3.76. The van der Waals surface area contributed by atoms with Gasteiger partial charge in [0.1, 0.15) is 11.4 Å². The van der Waals surface area contributed by atoms with E-state index in [4.69, 9.17) is 11.6 Å². The maximum atomic E-state index is 12.9. The highest BCUT2D eigenvalue weighted by Gasteiger charge is 2.22. The Bertz CT molecular complexity index is 1300. The molecule has 0 unspecified atom stereocenters. The third-order valence-electron chi connectivity index (χ3n) is 5.39. The molecule has 170 valence electrons. The van der Waals surface area contributed by atoms with Gasteiger partial charge in [0, 0.05) is 26.5 Å². The monoisotopic (exact) mass is 475 g/mol. The molecular weight excluding hydrogens is 450 g/mol. The van der Waals surface area contributed by atoms with Crippen molar-refractivity contribution in [2.45, 2.75) is 24.8 Å². The maximum Gasteiger partial charge on any atom is 0.268 e. The topological polar surface area (TPSA) is 88.5 Å². The van der Waals surface area contributed by atoms with Crippen molar-refractivity contribution in [1.29, 1.82) is 0 Å². The average Bonchev–Trinajstić information content (AvgIpc) is 3.04. The summed E-state index contributed by atoms with van der Waals surface area (Å²) in [5.74, 6) is -1.34. The van der Waals surface area contributed by atoms with E-state index in [-0.39, 0.29) is 16.8 Å². The summed E-state index contributed by atoms with van der Waals surface area (Å²) in [7, 11) is 1.10. The standard InChI is InChI=1S/C23H26ClN3O4S/c1-14-10-19(24)18-12-21(27(5)20(18)11-14)23(29)25-15(2)16-6-8-17(9-7-16)32(30,31)13-22(28)26(3)4/h6-12,15H,13H2,1-5H3,(H,25,29)/t15-/m1/s1. The van der Waals surface area contributed by atoms with Crippen LogP contribution in [0.3, 0.4) is 0 Å². The third-order valence-corrected chi connectivity index (χ3v) is 7.32. The van der Waals surface area contributed by atoms with Gasteiger partial charge in [0.15, 0.2) is 9.84 Å². The number of nitrogens with zero attached hydrogens (tertiary/aromatic N) is 2. The lowest BCUT2D eigenvalue weighted by Crippen LogP contribution is -2.29. The van der Waals surface area contributed by atoms with Crippen LogP contribution in [0.4, 0.5) is 0 Å². The molecule has 0 radical (unpaired) electrons. The zero-order chi connectivity index (χ0) is 23.8. The first kappa shape index (κ1) is 23.8. The van der Waals surface area contributed by atoms with Crippen molar-refractivity contribution in [3.05, 3.63) is 64.3 Å². The van der Waals surface area contributed by atoms with E-state index < -0.39 is 21.5 Å². The molecule has 3 aromatic rings. The molecule has 1 heterocycles. The Balaban J connectivity index is 1.78. The Kier molecular flexibility index (Phi) is 6.67. The molecule has 0 saturated carbocycles. The Morgan fingerprint density at radius 1 is 1.12 bits per heavy atom. The Morgan fingerprint density at radius 2 is 1.75 bits per heavy atom. The van der Waals surface area contributed by atoms with Crippen LogP contribution in [0.15, 0.2) is 47.4 Å². The number of amides is 2. The van der Waals surface area contributed by atoms with Gasteiger partial charge in [0.25, 0.3) is 5.91 Å². The Labute approximate surface area is 192 Å². The fraction of sp³-hybridized carbons (Fsp3) is 0.304. The molecular formula is C23H26ClN3O4S. The van der Waals surface area contributed by atoms with Crippen LogP contribution in [-0.2, 0) is 21.7 Å². The summed E-state index contributed by atoms with van der Waals surface area (Å²) in [5, 5.41) is 4.34. The van der Waals surface area contributed by atoms with Crippen molar-refractivity contribution in [1.82, 2.24) is 14.8 Å². The number of aryl methyl sites for hydroxylation is 2. The number of nitrogens with one attached hydrogen (secondary N) is 1. The van der Waals surface area contributed by atoms with Gasteiger partial charge in [-0.3, -0.25) is 9.59 Å². The van der Waals surface area contributed by atoms with Crippen LogP contribution >= 0.6 is 11.6 Å². The molecule has 0 fully saturated rings. The number of aromatic nitrogens is 1. The van der Waals surface area contributed by atoms with Gasteiger partial charge in [-0.2, -0.15) is 0 Å². The van der Waals surface area contributed by atoms with Crippen molar-refractivity contribution in [3.8, 4) is 0 Å². The first-order chi connectivity index (χ1) is 14.9. The predicted molar refractivity (Wildman–Crippen MR) is 126 cm³/mol. The molecule has 0 spiro atoms. The zero-order valence-corrected chi connectivity index (χ0v) is 20.2. The third kappa shape index (κ3) is 4.81. The molecule has 1 N–H and O–H groups in total. The highest BCUT2D eigenvalue weighted by molar-refractivity contribution is 7.92. The number of hydrogen-bond donors (Lipinski definition) is 1. The molecule has 2 aromatic carbocycles. The van der Waals surface area contributed by atoms with E-state index in [1.807, 2.05) is 33.0 Å². The quantitative estimate of drug-likeness (QED) is 0.591. The predicted octanol–water partition coefficient (Wildman–Crippen LogP) is 3.49. The average molecular weight is 476 g/mol. The summed E-state index contributed by atoms with van der Waals surface area (Å²) in [5.41, 5.74) is 3.09. The summed E-state index contributed by atoms with van der Waals surface area (Å²) < 4.78 is 26.7. The van der Waals surface area contributed by atoms with Crippen LogP contribution in [0.25, 0.3) is 10.9 Å². The summed E-state index contributed by atoms with van der Waals surface area (Å²) in [6, 6.07) is 11.4. The fourth-order valence-electron chi connectivity index (χ4n) is 3.43. The molecule has 9 heteroatoms. The second kappa shape index (κ2) is 8.96. The van der Waals surface area contributed by atoms with E-state index in [2.05, 4.69) is 5.32 Å². The van der Waals surface area contributed by atoms with Gasteiger partial charge < -0.3 is 14.8 Å². The molecule has 1 aromatic heterocycles. The molecule has 0 aliphatic heterocycles. The van der Waals surface area contributed by atoms with Crippen LogP contribution in [0.1, 0.15) is 34.6 Å². The van der Waals surface area contributed by atoms with E-state index in [1.165, 1.54) is 31.1 Å². The number of sulfone groups is 1. The molecule has 32 heavy (non-hydrogen) atoms. The van der Waals surface area contributed by atoms with E-state index in [1.54, 1.807) is 22.8 Å². The van der Waals surface area contributed by atoms with Gasteiger partial charge in [-0.25, -0.2) is 8.42 Å². The van der Waals surface area contributed by atoms with Gasteiger partial charge in [-0.05, 0) is 55.3 Å². The molecule has 0 aliphatic rings. The highest BCUT2D eigenvalue weighted by atomic mass is 35.5. The van der Waals surface area contributed by atoms with E-state index in [0.717, 1.165) is 22.0 Å². The number of carbonyl (C=O) groups excluding carboxylic acids is 2. The number of rotatable bonds is 6.